The summed E-state index contributed by atoms with van der Waals surface area (Å²) in [4.78, 5) is 157. The number of carbonyl (C=O) groups excluding carboxylic acids is 11. The SMILES string of the molecule is C/C=C1/NC(=O)[C@H](CCO)NC(=O)CC(CCCCC)NC(=O)CNC(=O)[C@H](CC(C)C)NC(=O)[C@@H]([C@@H](C)CC)NC(=O)[C@H]([C@@H](C)CC)NC(=O)[C@@H](CC(C)C)NC(=O)[C@@H](Cc2ccccc2)NC(=O)[C@H](CCO)NC(=O)C2C[C@@H](O)CN2C1=O. The molecule has 2 heterocycles. The zero-order chi connectivity index (χ0) is 63.5. The minimum Gasteiger partial charge on any atom is -0.396 e. The molecule has 0 bridgehead atoms. The molecule has 2 saturated heterocycles. The van der Waals surface area contributed by atoms with Crippen molar-refractivity contribution in [3.05, 3.63) is 47.7 Å². The van der Waals surface area contributed by atoms with Crippen molar-refractivity contribution in [1.29, 1.82) is 0 Å². The van der Waals surface area contributed by atoms with Crippen LogP contribution >= 0.6 is 0 Å². The summed E-state index contributed by atoms with van der Waals surface area (Å²) in [7, 11) is 0. The van der Waals surface area contributed by atoms with E-state index in [9.17, 15) is 68.1 Å². The van der Waals surface area contributed by atoms with Crippen molar-refractivity contribution in [3.63, 3.8) is 0 Å². The number of nitrogens with one attached hydrogen (secondary N) is 10. The van der Waals surface area contributed by atoms with Gasteiger partial charge in [0, 0.05) is 45.1 Å². The summed E-state index contributed by atoms with van der Waals surface area (Å²) in [5.41, 5.74) is 0.241. The van der Waals surface area contributed by atoms with E-state index in [0.717, 1.165) is 17.7 Å². The third-order valence-electron chi connectivity index (χ3n) is 15.3. The molecule has 11 amide bonds. The van der Waals surface area contributed by atoms with Gasteiger partial charge in [-0.1, -0.05) is 131 Å². The molecule has 1 aromatic rings. The highest BCUT2D eigenvalue weighted by atomic mass is 16.3. The number of unbranched alkanes of at least 4 members (excludes halogenated alkanes) is 2. The molecule has 1 aromatic carbocycles. The fraction of sp³-hybridized carbons (Fsp3) is 0.683. The van der Waals surface area contributed by atoms with Gasteiger partial charge in [0.15, 0.2) is 0 Å². The molecule has 0 spiro atoms. The van der Waals surface area contributed by atoms with Crippen LogP contribution < -0.4 is 53.2 Å². The van der Waals surface area contributed by atoms with Gasteiger partial charge in [0.2, 0.25) is 59.1 Å². The molecule has 3 rings (SSSR count). The van der Waals surface area contributed by atoms with Gasteiger partial charge in [-0.25, -0.2) is 0 Å². The number of nitrogens with zero attached hydrogens (tertiary/aromatic N) is 1. The molecule has 12 atom stereocenters. The van der Waals surface area contributed by atoms with Gasteiger partial charge in [0.05, 0.1) is 12.6 Å². The summed E-state index contributed by atoms with van der Waals surface area (Å²) in [6.45, 7) is 15.7. The Labute approximate surface area is 500 Å². The number of aliphatic hydroxyl groups is 3. The number of hydrogen-bond acceptors (Lipinski definition) is 14. The smallest absolute Gasteiger partial charge is 0.270 e. The maximum atomic E-state index is 14.6. The Bertz CT molecular complexity index is 2440. The van der Waals surface area contributed by atoms with Gasteiger partial charge >= 0.3 is 0 Å². The summed E-state index contributed by atoms with van der Waals surface area (Å²) >= 11 is 0. The standard InChI is InChI=1S/C60H97N11O14/c1-11-15-17-22-39-30-48(75)63-42(23-25-72)53(78)64-41(14-4)60(85)71-33-40(74)31-47(71)57(82)65-43(24-26-73)54(79)67-46(29-38-20-18-16-19-21-38)55(80)66-45(28-35(7)8)56(81)69-51(37(10)13-3)59(84)70-50(36(9)12-2)58(83)68-44(27-34(5)6)52(77)61-32-49(76)62-39/h14,16,18-21,34-37,39-40,42-47,50-51,72-74H,11-13,15,17,22-33H2,1-10H3,(H,61,77)(H,62,76)(H,63,75)(H,64,78)(H,65,82)(H,66,80)(H,67,79)(H,68,83)(H,69,81)(H,70,84)/b41-14+/t36-,37-,39?,40+,42-,43-,44-,45+,46+,47?,50+,51-/m0/s1. The van der Waals surface area contributed by atoms with Crippen LogP contribution in [0.4, 0.5) is 0 Å². The molecule has 25 nitrogen and oxygen atoms in total. The second kappa shape index (κ2) is 36.8. The summed E-state index contributed by atoms with van der Waals surface area (Å²) in [6.07, 6.45) is 2.09. The Balaban J connectivity index is 2.17. The summed E-state index contributed by atoms with van der Waals surface area (Å²) < 4.78 is 0. The molecule has 2 aliphatic rings. The van der Waals surface area contributed by atoms with E-state index in [1.807, 2.05) is 48.5 Å². The minimum atomic E-state index is -1.52. The number of fused-ring (bicyclic) bond motifs is 1. The quantitative estimate of drug-likeness (QED) is 0.0687. The number of carbonyl (C=O) groups is 11. The first-order valence-corrected chi connectivity index (χ1v) is 30.2. The van der Waals surface area contributed by atoms with Crippen LogP contribution in [-0.2, 0) is 59.2 Å². The Morgan fingerprint density at radius 2 is 1.07 bits per heavy atom. The van der Waals surface area contributed by atoms with Crippen molar-refractivity contribution in [1.82, 2.24) is 58.1 Å². The molecule has 2 unspecified atom stereocenters. The van der Waals surface area contributed by atoms with Crippen molar-refractivity contribution in [3.8, 4) is 0 Å². The Morgan fingerprint density at radius 1 is 0.565 bits per heavy atom. The lowest BCUT2D eigenvalue weighted by molar-refractivity contribution is -0.139. The van der Waals surface area contributed by atoms with Crippen LogP contribution in [0.2, 0.25) is 0 Å². The molecule has 85 heavy (non-hydrogen) atoms. The van der Waals surface area contributed by atoms with Crippen molar-refractivity contribution in [2.45, 2.75) is 213 Å². The lowest BCUT2D eigenvalue weighted by Gasteiger charge is -2.31. The molecule has 0 aromatic heterocycles. The fourth-order valence-electron chi connectivity index (χ4n) is 10.1. The molecule has 13 N–H and O–H groups in total. The van der Waals surface area contributed by atoms with E-state index in [1.165, 1.54) is 13.0 Å². The molecule has 0 saturated carbocycles. The summed E-state index contributed by atoms with van der Waals surface area (Å²) in [5, 5.41) is 57.9. The highest BCUT2D eigenvalue weighted by Crippen LogP contribution is 2.22. The summed E-state index contributed by atoms with van der Waals surface area (Å²) in [5.74, 6) is -10.0. The third kappa shape index (κ3) is 23.8. The van der Waals surface area contributed by atoms with Gasteiger partial charge in [-0.05, 0) is 68.3 Å². The second-order valence-electron chi connectivity index (χ2n) is 23.3. The van der Waals surface area contributed by atoms with Crippen LogP contribution in [0.5, 0.6) is 0 Å². The Morgan fingerprint density at radius 3 is 1.62 bits per heavy atom. The molecule has 2 aliphatic heterocycles. The molecule has 0 aliphatic carbocycles. The van der Waals surface area contributed by atoms with Gasteiger partial charge < -0.3 is 73.4 Å². The van der Waals surface area contributed by atoms with Crippen LogP contribution in [0.25, 0.3) is 0 Å². The van der Waals surface area contributed by atoms with Crippen LogP contribution in [0.15, 0.2) is 42.1 Å². The lowest BCUT2D eigenvalue weighted by atomic mass is 9.93. The maximum absolute atomic E-state index is 14.6. The third-order valence-corrected chi connectivity index (χ3v) is 15.3. The van der Waals surface area contributed by atoms with Crippen molar-refractivity contribution in [2.75, 3.05) is 26.3 Å². The first-order valence-electron chi connectivity index (χ1n) is 30.2. The largest absolute Gasteiger partial charge is 0.396 e. The molecular weight excluding hydrogens is 1100 g/mol. The lowest BCUT2D eigenvalue weighted by Crippen LogP contribution is -2.62. The zero-order valence-corrected chi connectivity index (χ0v) is 51.3. The first-order chi connectivity index (χ1) is 40.3. The average molecular weight is 1200 g/mol. The van der Waals surface area contributed by atoms with Crippen LogP contribution in [-0.4, -0.2) is 172 Å². The van der Waals surface area contributed by atoms with E-state index in [0.29, 0.717) is 31.2 Å². The van der Waals surface area contributed by atoms with Crippen LogP contribution in [0.1, 0.15) is 152 Å². The van der Waals surface area contributed by atoms with Gasteiger partial charge in [-0.3, -0.25) is 52.7 Å². The van der Waals surface area contributed by atoms with E-state index in [-0.39, 0.29) is 69.0 Å². The van der Waals surface area contributed by atoms with Crippen molar-refractivity contribution < 1.29 is 68.1 Å². The fourth-order valence-corrected chi connectivity index (χ4v) is 10.1. The number of amides is 11. The number of aliphatic hydroxyl groups excluding tert-OH is 3. The van der Waals surface area contributed by atoms with E-state index in [4.69, 9.17) is 0 Å². The highest BCUT2D eigenvalue weighted by molar-refractivity contribution is 6.02. The van der Waals surface area contributed by atoms with Crippen molar-refractivity contribution in [2.24, 2.45) is 23.7 Å². The van der Waals surface area contributed by atoms with Gasteiger partial charge in [0.1, 0.15) is 54.0 Å². The molecular formula is C60H97N11O14. The number of rotatable bonds is 18. The molecule has 476 valence electrons. The van der Waals surface area contributed by atoms with Crippen LogP contribution in [0, 0.1) is 23.7 Å². The predicted octanol–water partition coefficient (Wildman–Crippen LogP) is 0.139. The topological polar surface area (TPSA) is 372 Å². The highest BCUT2D eigenvalue weighted by Gasteiger charge is 2.42. The number of allylic oxidation sites excluding steroid dienone is 1. The van der Waals surface area contributed by atoms with E-state index < -0.39 is 157 Å². The van der Waals surface area contributed by atoms with E-state index in [2.05, 4.69) is 53.2 Å². The summed E-state index contributed by atoms with van der Waals surface area (Å²) in [6, 6.07) is -2.83. The monoisotopic (exact) mass is 1200 g/mol. The Hall–Kier alpha value is -6.99. The normalized spacial score (nSPS) is 27.0. The van der Waals surface area contributed by atoms with Crippen LogP contribution in [0.3, 0.4) is 0 Å². The van der Waals surface area contributed by atoms with Gasteiger partial charge in [0.25, 0.3) is 5.91 Å². The maximum Gasteiger partial charge on any atom is 0.270 e. The Kier molecular flexibility index (Phi) is 31.3. The molecule has 0 radical (unpaired) electrons. The van der Waals surface area contributed by atoms with E-state index in [1.54, 1.807) is 44.2 Å². The minimum absolute atomic E-state index is 0.0703. The van der Waals surface area contributed by atoms with Gasteiger partial charge in [-0.2, -0.15) is 0 Å². The van der Waals surface area contributed by atoms with Crippen molar-refractivity contribution >= 4 is 65.0 Å². The molecule has 25 heteroatoms. The molecule has 2 fully saturated rings. The zero-order valence-electron chi connectivity index (χ0n) is 51.3. The number of hydrogen-bond donors (Lipinski definition) is 13. The predicted molar refractivity (Wildman–Crippen MR) is 317 cm³/mol. The second-order valence-corrected chi connectivity index (χ2v) is 23.3. The van der Waals surface area contributed by atoms with E-state index >= 15 is 0 Å². The average Bonchev–Trinajstić information content (AvgIpc) is 3.93. The first kappa shape index (κ1) is 72.3. The van der Waals surface area contributed by atoms with Gasteiger partial charge in [-0.15, -0.1) is 0 Å². The number of benzene rings is 1.